The number of fused-ring (bicyclic) bond motifs is 5. The van der Waals surface area contributed by atoms with Crippen LogP contribution in [0.5, 0.6) is 0 Å². The van der Waals surface area contributed by atoms with E-state index in [1.165, 1.54) is 44.9 Å². The number of nitrogens with one attached hydrogen (secondary N) is 2. The first-order chi connectivity index (χ1) is 43.5. The van der Waals surface area contributed by atoms with Gasteiger partial charge in [0.1, 0.15) is 0 Å². The number of urea groups is 1. The van der Waals surface area contributed by atoms with E-state index in [4.69, 9.17) is 45.6 Å². The molecule has 5 aliphatic rings. The molecule has 3 amide bonds. The third-order valence-electron chi connectivity index (χ3n) is 20.9. The summed E-state index contributed by atoms with van der Waals surface area (Å²) in [6.07, 6.45) is 20.1. The number of carbonyl (C=O) groups excluding carboxylic acids is 2. The van der Waals surface area contributed by atoms with Crippen molar-refractivity contribution in [1.82, 2.24) is 35.1 Å². The maximum atomic E-state index is 13.9. The Balaban J connectivity index is 1.04. The fourth-order valence-corrected chi connectivity index (χ4v) is 16.0. The zero-order chi connectivity index (χ0) is 65.2. The lowest BCUT2D eigenvalue weighted by molar-refractivity contribution is -0.227. The number of amides is 3. The Bertz CT molecular complexity index is 2010. The summed E-state index contributed by atoms with van der Waals surface area (Å²) >= 11 is 0. The Kier molecular flexibility index (Phi) is 36.8. The van der Waals surface area contributed by atoms with Crippen molar-refractivity contribution in [2.45, 2.75) is 162 Å². The lowest BCUT2D eigenvalue weighted by Gasteiger charge is -2.65. The van der Waals surface area contributed by atoms with Crippen LogP contribution in [-0.4, -0.2) is 272 Å². The minimum Gasteiger partial charge on any atom is -0.480 e. The summed E-state index contributed by atoms with van der Waals surface area (Å²) in [5.74, 6) is -0.299. The maximum Gasteiger partial charge on any atom is 0.317 e. The highest BCUT2D eigenvalue weighted by atomic mass is 16.5. The summed E-state index contributed by atoms with van der Waals surface area (Å²) in [4.78, 5) is 70.7. The Labute approximate surface area is 539 Å². The van der Waals surface area contributed by atoms with Gasteiger partial charge in [-0.15, -0.1) is 0 Å². The largest absolute Gasteiger partial charge is 0.480 e. The lowest BCUT2D eigenvalue weighted by atomic mass is 9.43. The van der Waals surface area contributed by atoms with Crippen LogP contribution < -0.4 is 27.8 Å². The second kappa shape index (κ2) is 42.9. The van der Waals surface area contributed by atoms with Crippen LogP contribution in [0.25, 0.3) is 0 Å². The molecular formula is C66H124N10O14. The van der Waals surface area contributed by atoms with Crippen LogP contribution in [-0.2, 0) is 47.6 Å². The average Bonchev–Trinajstić information content (AvgIpc) is 1.31. The van der Waals surface area contributed by atoms with E-state index in [1.54, 1.807) is 14.7 Å². The molecule has 5 fully saturated rings. The van der Waals surface area contributed by atoms with E-state index in [-0.39, 0.29) is 80.4 Å². The molecule has 522 valence electrons. The van der Waals surface area contributed by atoms with E-state index in [0.717, 1.165) is 83.8 Å². The molecule has 0 aromatic carbocycles. The molecular weight excluding hydrogens is 1160 g/mol. The van der Waals surface area contributed by atoms with Gasteiger partial charge >= 0.3 is 23.9 Å². The third-order valence-corrected chi connectivity index (χ3v) is 20.9. The number of carboxylic acids is 3. The normalized spacial score (nSPS) is 27.6. The molecule has 0 bridgehead atoms. The van der Waals surface area contributed by atoms with Crippen molar-refractivity contribution in [3.05, 3.63) is 0 Å². The number of rotatable bonds is 44. The molecule has 0 spiro atoms. The van der Waals surface area contributed by atoms with Gasteiger partial charge in [-0.05, 0) is 144 Å². The Morgan fingerprint density at radius 3 is 1.61 bits per heavy atom. The minimum absolute atomic E-state index is 0.000201. The maximum absolute atomic E-state index is 13.9. The summed E-state index contributed by atoms with van der Waals surface area (Å²) in [6, 6.07) is -0.0405. The zero-order valence-corrected chi connectivity index (χ0v) is 56.0. The van der Waals surface area contributed by atoms with Crippen molar-refractivity contribution < 1.29 is 67.7 Å². The number of ether oxygens (including phenoxy) is 6. The number of unbranched alkanes of at least 4 members (excludes halogenated alkanes) is 5. The van der Waals surface area contributed by atoms with Gasteiger partial charge in [-0.1, -0.05) is 59.8 Å². The molecule has 4 aliphatic carbocycles. The van der Waals surface area contributed by atoms with Crippen LogP contribution in [0.3, 0.4) is 0 Å². The van der Waals surface area contributed by atoms with Crippen molar-refractivity contribution in [2.24, 2.45) is 63.5 Å². The van der Waals surface area contributed by atoms with Crippen molar-refractivity contribution in [3.8, 4) is 0 Å². The van der Waals surface area contributed by atoms with E-state index in [1.807, 2.05) is 9.80 Å². The quantitative estimate of drug-likeness (QED) is 0.0390. The predicted molar refractivity (Wildman–Crippen MR) is 347 cm³/mol. The topological polar surface area (TPSA) is 320 Å². The number of hydrogen-bond acceptors (Lipinski definition) is 18. The van der Waals surface area contributed by atoms with Gasteiger partial charge in [0.25, 0.3) is 0 Å². The van der Waals surface area contributed by atoms with Crippen LogP contribution in [0.4, 0.5) is 4.79 Å². The fraction of sp³-hybridized carbons (Fsp3) is 0.924. The molecule has 11 N–H and O–H groups in total. The van der Waals surface area contributed by atoms with Crippen molar-refractivity contribution in [3.63, 3.8) is 0 Å². The predicted octanol–water partition coefficient (Wildman–Crippen LogP) is 4.50. The molecule has 11 atom stereocenters. The van der Waals surface area contributed by atoms with Crippen LogP contribution in [0.2, 0.25) is 0 Å². The smallest absolute Gasteiger partial charge is 0.317 e. The molecule has 24 heteroatoms. The lowest BCUT2D eigenvalue weighted by Crippen LogP contribution is -2.63. The van der Waals surface area contributed by atoms with Crippen LogP contribution in [0.1, 0.15) is 143 Å². The molecule has 1 saturated heterocycles. The zero-order valence-electron chi connectivity index (χ0n) is 56.0. The van der Waals surface area contributed by atoms with Crippen molar-refractivity contribution in [1.29, 1.82) is 0 Å². The highest BCUT2D eigenvalue weighted by Gasteiger charge is 2.66. The minimum atomic E-state index is -1.02. The molecule has 4 saturated carbocycles. The second-order valence-corrected chi connectivity index (χ2v) is 27.1. The number of nitrogens with two attached hydrogens (primary N) is 3. The van der Waals surface area contributed by atoms with Crippen LogP contribution in [0, 0.1) is 46.3 Å². The highest BCUT2D eigenvalue weighted by Crippen LogP contribution is 2.69. The summed E-state index contributed by atoms with van der Waals surface area (Å²) in [5.41, 5.74) is 18.2. The van der Waals surface area contributed by atoms with E-state index < -0.39 is 17.9 Å². The van der Waals surface area contributed by atoms with Gasteiger partial charge in [0.15, 0.2) is 0 Å². The van der Waals surface area contributed by atoms with Gasteiger partial charge in [0.2, 0.25) is 5.91 Å². The van der Waals surface area contributed by atoms with E-state index in [0.29, 0.717) is 167 Å². The SMILES string of the molecule is CCCCCCCCN(CCC[C@@H](C)[C@H]1CC[C@H]2C3[C@H](OCCCN)CC4C[C@H](OCCCN)CC[C@]4(C)[C@H]3C[C@H](OCCCN)[C@]12C)C(=O)NCCOCCOCCOCCNC(=O)CN1CCN(CC(=O)O)CCN(CC(=O)O)CCN(CC(=O)O)CC1. The fourth-order valence-electron chi connectivity index (χ4n) is 16.0. The molecule has 0 radical (unpaired) electrons. The molecule has 0 aromatic rings. The summed E-state index contributed by atoms with van der Waals surface area (Å²) < 4.78 is 37.8. The Morgan fingerprint density at radius 2 is 1.06 bits per heavy atom. The van der Waals surface area contributed by atoms with Gasteiger partial charge < -0.3 is 76.5 Å². The first-order valence-electron chi connectivity index (χ1n) is 35.0. The van der Waals surface area contributed by atoms with Gasteiger partial charge in [-0.3, -0.25) is 38.8 Å². The molecule has 0 aromatic heterocycles. The average molecular weight is 1280 g/mol. The third kappa shape index (κ3) is 26.1. The van der Waals surface area contributed by atoms with Gasteiger partial charge in [0.05, 0.1) is 84.1 Å². The van der Waals surface area contributed by atoms with E-state index in [2.05, 4.69) is 38.3 Å². The Hall–Kier alpha value is -3.37. The molecule has 1 aliphatic heterocycles. The number of carbonyl (C=O) groups is 5. The summed E-state index contributed by atoms with van der Waals surface area (Å²) in [5, 5.41) is 34.5. The molecule has 24 nitrogen and oxygen atoms in total. The monoisotopic (exact) mass is 1280 g/mol. The molecule has 2 unspecified atom stereocenters. The number of aliphatic carboxylic acids is 3. The van der Waals surface area contributed by atoms with Gasteiger partial charge in [-0.25, -0.2) is 4.79 Å². The first-order valence-corrected chi connectivity index (χ1v) is 35.0. The summed E-state index contributed by atoms with van der Waals surface area (Å²) in [7, 11) is 0. The molecule has 1 heterocycles. The molecule has 90 heavy (non-hydrogen) atoms. The number of hydrogen-bond donors (Lipinski definition) is 8. The van der Waals surface area contributed by atoms with Crippen LogP contribution in [0.15, 0.2) is 0 Å². The van der Waals surface area contributed by atoms with Crippen LogP contribution >= 0.6 is 0 Å². The van der Waals surface area contributed by atoms with E-state index in [9.17, 15) is 39.3 Å². The van der Waals surface area contributed by atoms with Crippen molar-refractivity contribution >= 4 is 29.8 Å². The number of carboxylic acid groups (broad SMARTS) is 3. The molecule has 5 rings (SSSR count). The first kappa shape index (κ1) is 77.3. The Morgan fingerprint density at radius 1 is 0.556 bits per heavy atom. The van der Waals surface area contributed by atoms with Gasteiger partial charge in [0, 0.05) is 104 Å². The summed E-state index contributed by atoms with van der Waals surface area (Å²) in [6.45, 7) is 19.9. The standard InChI is InChI=1S/C66H124N10O14/c1-5-6-7-8-9-10-25-76(26-11-15-51(2)54-16-17-55-63-56(46-58(66(54,55)4)90-37-14-22-69)65(3)19-18-53(88-35-12-20-67)44-52(65)45-57(63)89-36-13-21-68)64(84)71-24-39-86-41-43-87-42-40-85-38-23-70-59(77)47-72-27-29-73(48-60(78)79)31-33-75(50-62(82)83)34-32-74(30-28-72)49-61(80)81/h51-58,63H,5-50,67-69H2,1-4H3,(H,70,77)(H,71,84)(H,78,79)(H,80,81)(H,82,83)/t51-,52?,53-,54-,55+,56+,57-,58+,63?,65+,66-/m1/s1. The van der Waals surface area contributed by atoms with E-state index >= 15 is 0 Å². The second-order valence-electron chi connectivity index (χ2n) is 27.1. The van der Waals surface area contributed by atoms with Crippen molar-refractivity contribution in [2.75, 3.05) is 184 Å². The van der Waals surface area contributed by atoms with Gasteiger partial charge in [-0.2, -0.15) is 0 Å². The highest BCUT2D eigenvalue weighted by molar-refractivity contribution is 5.78. The number of nitrogens with zero attached hydrogens (tertiary/aromatic N) is 5.